The Morgan fingerprint density at radius 3 is 3.11 bits per heavy atom. The molecule has 1 aliphatic rings. The van der Waals surface area contributed by atoms with Crippen molar-refractivity contribution in [3.63, 3.8) is 0 Å². The van der Waals surface area contributed by atoms with E-state index in [1.54, 1.807) is 18.2 Å². The molecule has 18 heavy (non-hydrogen) atoms. The fraction of sp³-hybridized carbons (Fsp3) is 0.417. The molecule has 1 aromatic carbocycles. The van der Waals surface area contributed by atoms with Crippen LogP contribution >= 0.6 is 27.5 Å². The van der Waals surface area contributed by atoms with E-state index < -0.39 is 0 Å². The fourth-order valence-corrected chi connectivity index (χ4v) is 2.24. The van der Waals surface area contributed by atoms with Gasteiger partial charge in [-0.3, -0.25) is 4.79 Å². The highest BCUT2D eigenvalue weighted by atomic mass is 79.9. The van der Waals surface area contributed by atoms with Gasteiger partial charge >= 0.3 is 0 Å². The minimum atomic E-state index is -0.0575. The number of nitrogens with one attached hydrogen (secondary N) is 2. The van der Waals surface area contributed by atoms with E-state index in [0.717, 1.165) is 23.2 Å². The molecule has 0 aromatic heterocycles. The lowest BCUT2D eigenvalue weighted by molar-refractivity contribution is -0.119. The maximum absolute atomic E-state index is 11.8. The Labute approximate surface area is 119 Å². The molecule has 2 rings (SSSR count). The predicted octanol–water partition coefficient (Wildman–Crippen LogP) is 2.42. The second-order valence-corrected chi connectivity index (χ2v) is 5.34. The minimum Gasteiger partial charge on any atom is -0.375 e. The Hall–Kier alpha value is -0.620. The molecule has 0 aliphatic carbocycles. The Kier molecular flexibility index (Phi) is 5.00. The lowest BCUT2D eigenvalue weighted by atomic mass is 10.2. The molecule has 1 saturated heterocycles. The van der Waals surface area contributed by atoms with E-state index in [1.807, 2.05) is 0 Å². The monoisotopic (exact) mass is 332 g/mol. The van der Waals surface area contributed by atoms with Gasteiger partial charge in [0, 0.05) is 23.2 Å². The number of halogens is 2. The molecular weight excluding hydrogens is 320 g/mol. The van der Waals surface area contributed by atoms with E-state index in [2.05, 4.69) is 26.6 Å². The van der Waals surface area contributed by atoms with Crippen LogP contribution in [0, 0.1) is 0 Å². The first-order valence-electron chi connectivity index (χ1n) is 5.72. The smallest absolute Gasteiger partial charge is 0.227 e. The van der Waals surface area contributed by atoms with Crippen LogP contribution in [-0.4, -0.2) is 31.7 Å². The van der Waals surface area contributed by atoms with E-state index in [1.165, 1.54) is 0 Å². The molecular formula is C12H14BrClN2O2. The van der Waals surface area contributed by atoms with Crippen LogP contribution < -0.4 is 10.6 Å². The van der Waals surface area contributed by atoms with Gasteiger partial charge in [-0.05, 0) is 34.1 Å². The summed E-state index contributed by atoms with van der Waals surface area (Å²) in [6.07, 6.45) is 0.308. The largest absolute Gasteiger partial charge is 0.375 e. The van der Waals surface area contributed by atoms with Crippen molar-refractivity contribution < 1.29 is 9.53 Å². The highest BCUT2D eigenvalue weighted by Crippen LogP contribution is 2.25. The average molecular weight is 334 g/mol. The van der Waals surface area contributed by atoms with Gasteiger partial charge in [0.2, 0.25) is 5.91 Å². The third-order valence-electron chi connectivity index (χ3n) is 2.62. The molecule has 1 aliphatic heterocycles. The molecule has 1 fully saturated rings. The quantitative estimate of drug-likeness (QED) is 0.893. The first-order chi connectivity index (χ1) is 8.65. The number of amides is 1. The molecule has 1 heterocycles. The highest BCUT2D eigenvalue weighted by Gasteiger charge is 2.17. The average Bonchev–Trinajstić information content (AvgIpc) is 2.35. The summed E-state index contributed by atoms with van der Waals surface area (Å²) in [5.41, 5.74) is 0.722. The summed E-state index contributed by atoms with van der Waals surface area (Å²) in [5.74, 6) is -0.0575. The summed E-state index contributed by atoms with van der Waals surface area (Å²) in [6.45, 7) is 2.23. The van der Waals surface area contributed by atoms with E-state index >= 15 is 0 Å². The van der Waals surface area contributed by atoms with Gasteiger partial charge in [-0.2, -0.15) is 0 Å². The molecule has 0 spiro atoms. The molecule has 6 heteroatoms. The third-order valence-corrected chi connectivity index (χ3v) is 3.83. The summed E-state index contributed by atoms with van der Waals surface area (Å²) in [6, 6.07) is 5.28. The number of benzene rings is 1. The SMILES string of the molecule is O=C(CC1CNCCO1)Nc1ccc(Cl)c(Br)c1. The van der Waals surface area contributed by atoms with Crippen LogP contribution in [0.5, 0.6) is 0 Å². The van der Waals surface area contributed by atoms with Gasteiger partial charge in [0.15, 0.2) is 0 Å². The molecule has 0 radical (unpaired) electrons. The van der Waals surface area contributed by atoms with E-state index in [0.29, 0.717) is 18.1 Å². The minimum absolute atomic E-state index is 0.0468. The van der Waals surface area contributed by atoms with E-state index in [9.17, 15) is 4.79 Å². The van der Waals surface area contributed by atoms with Crippen molar-refractivity contribution in [1.82, 2.24) is 5.32 Å². The second-order valence-electron chi connectivity index (χ2n) is 4.08. The molecule has 2 N–H and O–H groups in total. The lowest BCUT2D eigenvalue weighted by Crippen LogP contribution is -2.40. The zero-order valence-corrected chi connectivity index (χ0v) is 12.1. The molecule has 1 aromatic rings. The van der Waals surface area contributed by atoms with Crippen molar-refractivity contribution in [1.29, 1.82) is 0 Å². The summed E-state index contributed by atoms with van der Waals surface area (Å²) in [7, 11) is 0. The van der Waals surface area contributed by atoms with Crippen molar-refractivity contribution in [2.45, 2.75) is 12.5 Å². The topological polar surface area (TPSA) is 50.4 Å². The molecule has 1 amide bonds. The Balaban J connectivity index is 1.88. The van der Waals surface area contributed by atoms with Crippen LogP contribution in [0.2, 0.25) is 5.02 Å². The maximum Gasteiger partial charge on any atom is 0.227 e. The Morgan fingerprint density at radius 2 is 2.44 bits per heavy atom. The second kappa shape index (κ2) is 6.52. The fourth-order valence-electron chi connectivity index (χ4n) is 1.74. The third kappa shape index (κ3) is 3.95. The van der Waals surface area contributed by atoms with Gasteiger partial charge in [0.25, 0.3) is 0 Å². The molecule has 0 saturated carbocycles. The number of hydrogen-bond acceptors (Lipinski definition) is 3. The standard InChI is InChI=1S/C12H14BrClN2O2/c13-10-5-8(1-2-11(10)14)16-12(17)6-9-7-15-3-4-18-9/h1-2,5,9,15H,3-4,6-7H2,(H,16,17). The highest BCUT2D eigenvalue weighted by molar-refractivity contribution is 9.10. The van der Waals surface area contributed by atoms with Crippen molar-refractivity contribution in [2.24, 2.45) is 0 Å². The zero-order chi connectivity index (χ0) is 13.0. The maximum atomic E-state index is 11.8. The summed E-state index contributed by atoms with van der Waals surface area (Å²) in [5, 5.41) is 6.63. The van der Waals surface area contributed by atoms with Crippen molar-refractivity contribution in [3.8, 4) is 0 Å². The van der Waals surface area contributed by atoms with E-state index in [4.69, 9.17) is 16.3 Å². The van der Waals surface area contributed by atoms with Gasteiger partial charge in [0.1, 0.15) is 0 Å². The Morgan fingerprint density at radius 1 is 1.61 bits per heavy atom. The first kappa shape index (κ1) is 13.8. The molecule has 98 valence electrons. The van der Waals surface area contributed by atoms with Crippen LogP contribution in [-0.2, 0) is 9.53 Å². The van der Waals surface area contributed by atoms with Crippen LogP contribution in [0.3, 0.4) is 0 Å². The van der Waals surface area contributed by atoms with Gasteiger partial charge < -0.3 is 15.4 Å². The van der Waals surface area contributed by atoms with Gasteiger partial charge in [-0.25, -0.2) is 0 Å². The van der Waals surface area contributed by atoms with Gasteiger partial charge in [-0.1, -0.05) is 11.6 Å². The predicted molar refractivity (Wildman–Crippen MR) is 75.0 cm³/mol. The van der Waals surface area contributed by atoms with Gasteiger partial charge in [0.05, 0.1) is 24.2 Å². The Bertz CT molecular complexity index is 436. The number of ether oxygens (including phenoxy) is 1. The summed E-state index contributed by atoms with van der Waals surface area (Å²) < 4.78 is 6.24. The normalized spacial score (nSPS) is 19.6. The number of carbonyl (C=O) groups is 1. The van der Waals surface area contributed by atoms with E-state index in [-0.39, 0.29) is 12.0 Å². The van der Waals surface area contributed by atoms with Crippen molar-refractivity contribution >= 4 is 39.1 Å². The number of anilines is 1. The van der Waals surface area contributed by atoms with Crippen molar-refractivity contribution in [3.05, 3.63) is 27.7 Å². The van der Waals surface area contributed by atoms with Crippen LogP contribution in [0.15, 0.2) is 22.7 Å². The zero-order valence-electron chi connectivity index (χ0n) is 9.71. The van der Waals surface area contributed by atoms with Crippen LogP contribution in [0.1, 0.15) is 6.42 Å². The number of hydrogen-bond donors (Lipinski definition) is 2. The molecule has 1 unspecified atom stereocenters. The number of morpholine rings is 1. The van der Waals surface area contributed by atoms with Crippen molar-refractivity contribution in [2.75, 3.05) is 25.0 Å². The van der Waals surface area contributed by atoms with Crippen LogP contribution in [0.25, 0.3) is 0 Å². The molecule has 0 bridgehead atoms. The summed E-state index contributed by atoms with van der Waals surface area (Å²) in [4.78, 5) is 11.8. The molecule has 1 atom stereocenters. The molecule has 4 nitrogen and oxygen atoms in total. The number of rotatable bonds is 3. The van der Waals surface area contributed by atoms with Gasteiger partial charge in [-0.15, -0.1) is 0 Å². The lowest BCUT2D eigenvalue weighted by Gasteiger charge is -2.23. The van der Waals surface area contributed by atoms with Crippen LogP contribution in [0.4, 0.5) is 5.69 Å². The number of carbonyl (C=O) groups excluding carboxylic acids is 1. The summed E-state index contributed by atoms with van der Waals surface area (Å²) >= 11 is 9.20. The first-order valence-corrected chi connectivity index (χ1v) is 6.89.